The van der Waals surface area contributed by atoms with Crippen LogP contribution in [0.5, 0.6) is 0 Å². The van der Waals surface area contributed by atoms with E-state index >= 15 is 0 Å². The van der Waals surface area contributed by atoms with Crippen LogP contribution in [0.1, 0.15) is 126 Å². The van der Waals surface area contributed by atoms with Crippen molar-refractivity contribution in [3.63, 3.8) is 0 Å². The first-order valence-electron chi connectivity index (χ1n) is 13.7. The van der Waals surface area contributed by atoms with E-state index in [0.29, 0.717) is 28.1 Å². The number of carboxylic acid groups (broad SMARTS) is 1. The minimum Gasteiger partial charge on any atom is -0.478 e. The van der Waals surface area contributed by atoms with Gasteiger partial charge in [-0.1, -0.05) is 78.5 Å². The van der Waals surface area contributed by atoms with Crippen LogP contribution >= 0.6 is 0 Å². The third kappa shape index (κ3) is 7.30. The van der Waals surface area contributed by atoms with Crippen molar-refractivity contribution in [3.8, 4) is 0 Å². The van der Waals surface area contributed by atoms with Crippen molar-refractivity contribution in [2.75, 3.05) is 0 Å². The van der Waals surface area contributed by atoms with Gasteiger partial charge in [-0.05, 0) is 87.4 Å². The number of carbonyl (C=O) groups excluding carboxylic acids is 1. The lowest BCUT2D eigenvalue weighted by Crippen LogP contribution is -2.46. The van der Waals surface area contributed by atoms with Gasteiger partial charge in [0.25, 0.3) is 0 Å². The summed E-state index contributed by atoms with van der Waals surface area (Å²) < 4.78 is 0. The van der Waals surface area contributed by atoms with Crippen molar-refractivity contribution in [1.29, 1.82) is 0 Å². The van der Waals surface area contributed by atoms with Gasteiger partial charge >= 0.3 is 5.97 Å². The fourth-order valence-electron chi connectivity index (χ4n) is 6.46. The Balaban J connectivity index is 0.000000386. The number of hydrogen-bond acceptors (Lipinski definition) is 2. The third-order valence-electron chi connectivity index (χ3n) is 8.96. The minimum absolute atomic E-state index is 0.340. The highest BCUT2D eigenvalue weighted by Gasteiger charge is 2.53. The Labute approximate surface area is 204 Å². The summed E-state index contributed by atoms with van der Waals surface area (Å²) in [5, 5.41) is 8.41. The molecule has 0 heterocycles. The Morgan fingerprint density at radius 1 is 1.15 bits per heavy atom. The van der Waals surface area contributed by atoms with E-state index in [9.17, 15) is 9.59 Å². The van der Waals surface area contributed by atoms with E-state index < -0.39 is 5.97 Å². The van der Waals surface area contributed by atoms with Crippen LogP contribution in [0.3, 0.4) is 0 Å². The summed E-state index contributed by atoms with van der Waals surface area (Å²) in [4.78, 5) is 21.8. The molecular weight excluding hydrogens is 408 g/mol. The van der Waals surface area contributed by atoms with Crippen molar-refractivity contribution >= 4 is 11.8 Å². The number of allylic oxidation sites excluding steroid dienone is 3. The summed E-state index contributed by atoms with van der Waals surface area (Å²) in [5.74, 6) is 1.94. The second kappa shape index (κ2) is 13.5. The van der Waals surface area contributed by atoms with E-state index in [-0.39, 0.29) is 0 Å². The molecule has 0 aromatic carbocycles. The molecule has 3 aliphatic rings. The fourth-order valence-corrected chi connectivity index (χ4v) is 6.46. The number of ketones is 1. The molecule has 0 radical (unpaired) electrons. The molecule has 0 spiro atoms. The van der Waals surface area contributed by atoms with Gasteiger partial charge < -0.3 is 9.90 Å². The van der Waals surface area contributed by atoms with Gasteiger partial charge in [0.1, 0.15) is 5.78 Å². The standard InChI is InChI=1S/C20H32O.C8H14O2.C2H6/c1-14-7-9-18-17(19(14,3)13-11-15(2)21)10-8-16-6-5-12-20(16,18)4;1-3-4-5-6-7(2)8(9)10;1-2/h9,14,16-17H,5-8,10-13H2,1-4H3;6H,3-5H2,1-2H3,(H,9,10);1-2H3/b;7-6-;. The van der Waals surface area contributed by atoms with Gasteiger partial charge in [0, 0.05) is 12.0 Å². The Bertz CT molecular complexity index is 703. The molecule has 3 heteroatoms. The van der Waals surface area contributed by atoms with Crippen molar-refractivity contribution in [1.82, 2.24) is 0 Å². The molecule has 5 unspecified atom stereocenters. The molecule has 0 amide bonds. The molecule has 3 rings (SSSR count). The fraction of sp³-hybridized carbons (Fsp3) is 0.800. The van der Waals surface area contributed by atoms with Crippen LogP contribution in [0, 0.1) is 28.6 Å². The molecule has 0 aromatic heterocycles. The molecule has 0 aliphatic heterocycles. The second-order valence-electron chi connectivity index (χ2n) is 11.0. The Morgan fingerprint density at radius 2 is 1.82 bits per heavy atom. The van der Waals surface area contributed by atoms with Crippen molar-refractivity contribution in [2.24, 2.45) is 28.6 Å². The van der Waals surface area contributed by atoms with E-state index in [1.165, 1.54) is 38.5 Å². The van der Waals surface area contributed by atoms with Crippen LogP contribution in [0.25, 0.3) is 0 Å². The maximum atomic E-state index is 11.5. The van der Waals surface area contributed by atoms with Crippen LogP contribution in [0.4, 0.5) is 0 Å². The smallest absolute Gasteiger partial charge is 0.330 e. The quantitative estimate of drug-likeness (QED) is 0.235. The van der Waals surface area contributed by atoms with E-state index in [2.05, 4.69) is 33.8 Å². The van der Waals surface area contributed by atoms with Crippen LogP contribution in [0.15, 0.2) is 23.3 Å². The van der Waals surface area contributed by atoms with E-state index in [1.807, 2.05) is 13.8 Å². The lowest BCUT2D eigenvalue weighted by molar-refractivity contribution is -0.132. The molecule has 0 bridgehead atoms. The normalized spacial score (nSPS) is 32.8. The maximum Gasteiger partial charge on any atom is 0.330 e. The summed E-state index contributed by atoms with van der Waals surface area (Å²) in [6.07, 6.45) is 17.6. The van der Waals surface area contributed by atoms with Gasteiger partial charge in [-0.15, -0.1) is 0 Å². The number of hydrogen-bond donors (Lipinski definition) is 1. The highest BCUT2D eigenvalue weighted by molar-refractivity contribution is 5.85. The summed E-state index contributed by atoms with van der Waals surface area (Å²) in [6.45, 7) is 16.9. The average Bonchev–Trinajstić information content (AvgIpc) is 3.18. The first-order valence-corrected chi connectivity index (χ1v) is 13.7. The number of carbonyl (C=O) groups is 2. The van der Waals surface area contributed by atoms with Gasteiger partial charge in [-0.25, -0.2) is 4.79 Å². The number of fused-ring (bicyclic) bond motifs is 3. The zero-order valence-corrected chi connectivity index (χ0v) is 22.9. The summed E-state index contributed by atoms with van der Waals surface area (Å²) >= 11 is 0. The van der Waals surface area contributed by atoms with E-state index in [0.717, 1.165) is 43.9 Å². The van der Waals surface area contributed by atoms with Gasteiger partial charge in [0.05, 0.1) is 0 Å². The zero-order valence-electron chi connectivity index (χ0n) is 22.9. The molecule has 2 saturated carbocycles. The molecular formula is C30H52O3. The zero-order chi connectivity index (χ0) is 25.2. The summed E-state index contributed by atoms with van der Waals surface area (Å²) in [5.41, 5.74) is 3.07. The molecule has 2 fully saturated rings. The molecule has 5 atom stereocenters. The molecule has 33 heavy (non-hydrogen) atoms. The van der Waals surface area contributed by atoms with Crippen molar-refractivity contribution in [3.05, 3.63) is 23.3 Å². The molecule has 1 N–H and O–H groups in total. The van der Waals surface area contributed by atoms with Crippen LogP contribution < -0.4 is 0 Å². The summed E-state index contributed by atoms with van der Waals surface area (Å²) in [6, 6.07) is 0. The lowest BCUT2D eigenvalue weighted by atomic mass is 9.50. The predicted octanol–water partition coefficient (Wildman–Crippen LogP) is 8.78. The number of rotatable bonds is 7. The first-order chi connectivity index (χ1) is 15.6. The van der Waals surface area contributed by atoms with Crippen LogP contribution in [-0.4, -0.2) is 16.9 Å². The molecule has 3 aliphatic carbocycles. The number of unbranched alkanes of at least 4 members (excludes halogenated alkanes) is 2. The highest BCUT2D eigenvalue weighted by Crippen LogP contribution is 2.63. The van der Waals surface area contributed by atoms with Crippen molar-refractivity contribution in [2.45, 2.75) is 126 Å². The van der Waals surface area contributed by atoms with Crippen LogP contribution in [0.2, 0.25) is 0 Å². The maximum absolute atomic E-state index is 11.5. The Hall–Kier alpha value is -1.38. The number of carboxylic acids is 1. The number of aliphatic carboxylic acids is 1. The monoisotopic (exact) mass is 460 g/mol. The molecule has 0 aromatic rings. The minimum atomic E-state index is -0.809. The molecule has 190 valence electrons. The Morgan fingerprint density at radius 3 is 2.39 bits per heavy atom. The van der Waals surface area contributed by atoms with E-state index in [4.69, 9.17) is 5.11 Å². The summed E-state index contributed by atoms with van der Waals surface area (Å²) in [7, 11) is 0. The topological polar surface area (TPSA) is 54.4 Å². The lowest BCUT2D eigenvalue weighted by Gasteiger charge is -2.55. The number of Topliss-reactive ketones (excluding diaryl/α,β-unsaturated/α-hetero) is 1. The molecule has 0 saturated heterocycles. The molecule has 3 nitrogen and oxygen atoms in total. The highest BCUT2D eigenvalue weighted by atomic mass is 16.4. The van der Waals surface area contributed by atoms with Crippen molar-refractivity contribution < 1.29 is 14.7 Å². The largest absolute Gasteiger partial charge is 0.478 e. The van der Waals surface area contributed by atoms with Gasteiger partial charge in [0.15, 0.2) is 0 Å². The van der Waals surface area contributed by atoms with E-state index in [1.54, 1.807) is 25.5 Å². The van der Waals surface area contributed by atoms with Gasteiger partial charge in [0.2, 0.25) is 0 Å². The average molecular weight is 461 g/mol. The Kier molecular flexibility index (Phi) is 12.1. The predicted molar refractivity (Wildman–Crippen MR) is 140 cm³/mol. The van der Waals surface area contributed by atoms with Crippen LogP contribution in [-0.2, 0) is 9.59 Å². The second-order valence-corrected chi connectivity index (χ2v) is 11.0. The van der Waals surface area contributed by atoms with Gasteiger partial charge in [-0.2, -0.15) is 0 Å². The van der Waals surface area contributed by atoms with Gasteiger partial charge in [-0.3, -0.25) is 0 Å². The first kappa shape index (κ1) is 29.7. The SMILES string of the molecule is CC.CC(=O)CCC1(C)C(C)CC=C2C1CCC1CCCC21C.CCCC/C=C(/C)C(=O)O. The third-order valence-corrected chi connectivity index (χ3v) is 8.96.